The molecular weight excluding hydrogens is 262 g/mol. The Morgan fingerprint density at radius 3 is 2.52 bits per heavy atom. The zero-order valence-corrected chi connectivity index (χ0v) is 12.3. The second-order valence-corrected chi connectivity index (χ2v) is 4.62. The number of carbonyl (C=O) groups is 1. The average Bonchev–Trinajstić information content (AvgIpc) is 2.54. The van der Waals surface area contributed by atoms with Gasteiger partial charge in [-0.2, -0.15) is 0 Å². The van der Waals surface area contributed by atoms with Gasteiger partial charge in [0, 0.05) is 17.3 Å². The molecule has 0 spiro atoms. The number of aryl methyl sites for hydroxylation is 1. The van der Waals surface area contributed by atoms with Crippen LogP contribution in [-0.4, -0.2) is 13.0 Å². The number of carbonyl (C=O) groups excluding carboxylic acids is 1. The van der Waals surface area contributed by atoms with E-state index in [0.717, 1.165) is 23.4 Å². The molecule has 0 fully saturated rings. The first kappa shape index (κ1) is 14.9. The van der Waals surface area contributed by atoms with Crippen molar-refractivity contribution in [2.45, 2.75) is 13.3 Å². The molecule has 21 heavy (non-hydrogen) atoms. The van der Waals surface area contributed by atoms with Gasteiger partial charge in [0.05, 0.1) is 7.11 Å². The number of anilines is 1. The van der Waals surface area contributed by atoms with Crippen molar-refractivity contribution in [3.63, 3.8) is 0 Å². The molecule has 0 aliphatic rings. The maximum Gasteiger partial charge on any atom is 0.248 e. The van der Waals surface area contributed by atoms with Gasteiger partial charge in [0.25, 0.3) is 0 Å². The SMILES string of the molecule is CCc1ccc(NC(=O)/C=C/c2ccccc2OC)cc1. The van der Waals surface area contributed by atoms with Crippen molar-refractivity contribution in [1.82, 2.24) is 0 Å². The molecule has 0 aliphatic carbocycles. The van der Waals surface area contributed by atoms with Crippen LogP contribution in [-0.2, 0) is 11.2 Å². The fourth-order valence-electron chi connectivity index (χ4n) is 1.98. The highest BCUT2D eigenvalue weighted by Crippen LogP contribution is 2.18. The molecule has 3 heteroatoms. The summed E-state index contributed by atoms with van der Waals surface area (Å²) in [7, 11) is 1.61. The van der Waals surface area contributed by atoms with E-state index < -0.39 is 0 Å². The Morgan fingerprint density at radius 2 is 1.86 bits per heavy atom. The van der Waals surface area contributed by atoms with Gasteiger partial charge < -0.3 is 10.1 Å². The van der Waals surface area contributed by atoms with Gasteiger partial charge in [0.1, 0.15) is 5.75 Å². The minimum atomic E-state index is -0.162. The third kappa shape index (κ3) is 4.21. The predicted molar refractivity (Wildman–Crippen MR) is 86.5 cm³/mol. The lowest BCUT2D eigenvalue weighted by Gasteiger charge is -2.04. The number of benzene rings is 2. The van der Waals surface area contributed by atoms with E-state index >= 15 is 0 Å². The number of ether oxygens (including phenoxy) is 1. The summed E-state index contributed by atoms with van der Waals surface area (Å²) in [6, 6.07) is 15.4. The highest BCUT2D eigenvalue weighted by atomic mass is 16.5. The number of hydrogen-bond donors (Lipinski definition) is 1. The molecule has 2 aromatic rings. The molecule has 2 aromatic carbocycles. The van der Waals surface area contributed by atoms with E-state index in [9.17, 15) is 4.79 Å². The Hall–Kier alpha value is -2.55. The summed E-state index contributed by atoms with van der Waals surface area (Å²) in [5, 5.41) is 2.83. The van der Waals surface area contributed by atoms with Gasteiger partial charge in [-0.05, 0) is 36.3 Å². The molecule has 1 N–H and O–H groups in total. The molecular formula is C18H19NO2. The third-order valence-corrected chi connectivity index (χ3v) is 3.18. The average molecular weight is 281 g/mol. The van der Waals surface area contributed by atoms with Crippen molar-refractivity contribution in [2.75, 3.05) is 12.4 Å². The van der Waals surface area contributed by atoms with Crippen molar-refractivity contribution >= 4 is 17.7 Å². The fraction of sp³-hybridized carbons (Fsp3) is 0.167. The van der Waals surface area contributed by atoms with Gasteiger partial charge in [-0.25, -0.2) is 0 Å². The second kappa shape index (κ2) is 7.29. The molecule has 0 saturated heterocycles. The zero-order chi connectivity index (χ0) is 15.1. The van der Waals surface area contributed by atoms with Gasteiger partial charge in [0.15, 0.2) is 0 Å². The van der Waals surface area contributed by atoms with Gasteiger partial charge in [-0.15, -0.1) is 0 Å². The minimum absolute atomic E-state index is 0.162. The zero-order valence-electron chi connectivity index (χ0n) is 12.3. The molecule has 0 unspecified atom stereocenters. The second-order valence-electron chi connectivity index (χ2n) is 4.62. The summed E-state index contributed by atoms with van der Waals surface area (Å²) >= 11 is 0. The van der Waals surface area contributed by atoms with E-state index in [1.807, 2.05) is 48.5 Å². The van der Waals surface area contributed by atoms with Gasteiger partial charge in [-0.1, -0.05) is 37.3 Å². The largest absolute Gasteiger partial charge is 0.496 e. The first-order valence-corrected chi connectivity index (χ1v) is 6.94. The quantitative estimate of drug-likeness (QED) is 0.844. The van der Waals surface area contributed by atoms with Gasteiger partial charge in [-0.3, -0.25) is 4.79 Å². The molecule has 0 aliphatic heterocycles. The summed E-state index contributed by atoms with van der Waals surface area (Å²) in [6.07, 6.45) is 4.24. The summed E-state index contributed by atoms with van der Waals surface area (Å²) in [6.45, 7) is 2.10. The van der Waals surface area contributed by atoms with Crippen LogP contribution in [0.3, 0.4) is 0 Å². The lowest BCUT2D eigenvalue weighted by molar-refractivity contribution is -0.111. The fourth-order valence-corrected chi connectivity index (χ4v) is 1.98. The molecule has 0 bridgehead atoms. The molecule has 2 rings (SSSR count). The molecule has 0 radical (unpaired) electrons. The van der Waals surface area contributed by atoms with Crippen molar-refractivity contribution < 1.29 is 9.53 Å². The number of rotatable bonds is 5. The molecule has 3 nitrogen and oxygen atoms in total. The van der Waals surface area contributed by atoms with E-state index in [1.54, 1.807) is 13.2 Å². The number of amides is 1. The van der Waals surface area contributed by atoms with Crippen molar-refractivity contribution in [2.24, 2.45) is 0 Å². The first-order valence-electron chi connectivity index (χ1n) is 6.94. The topological polar surface area (TPSA) is 38.3 Å². The van der Waals surface area contributed by atoms with Crippen LogP contribution in [0.25, 0.3) is 6.08 Å². The van der Waals surface area contributed by atoms with Crippen molar-refractivity contribution in [3.05, 3.63) is 65.7 Å². The molecule has 0 atom stereocenters. The van der Waals surface area contributed by atoms with E-state index in [4.69, 9.17) is 4.74 Å². The summed E-state index contributed by atoms with van der Waals surface area (Å²) in [4.78, 5) is 11.9. The number of nitrogens with one attached hydrogen (secondary N) is 1. The minimum Gasteiger partial charge on any atom is -0.496 e. The van der Waals surface area contributed by atoms with Crippen LogP contribution in [0.15, 0.2) is 54.6 Å². The van der Waals surface area contributed by atoms with E-state index in [0.29, 0.717) is 0 Å². The Balaban J connectivity index is 2.02. The summed E-state index contributed by atoms with van der Waals surface area (Å²) < 4.78 is 5.24. The number of hydrogen-bond acceptors (Lipinski definition) is 2. The Morgan fingerprint density at radius 1 is 1.14 bits per heavy atom. The molecule has 0 heterocycles. The third-order valence-electron chi connectivity index (χ3n) is 3.18. The van der Waals surface area contributed by atoms with E-state index in [2.05, 4.69) is 12.2 Å². The van der Waals surface area contributed by atoms with Crippen LogP contribution >= 0.6 is 0 Å². The first-order chi connectivity index (χ1) is 10.2. The summed E-state index contributed by atoms with van der Waals surface area (Å²) in [5.74, 6) is 0.582. The molecule has 108 valence electrons. The maximum absolute atomic E-state index is 11.9. The molecule has 0 saturated carbocycles. The Bertz CT molecular complexity index is 630. The van der Waals surface area contributed by atoms with Crippen LogP contribution in [0.1, 0.15) is 18.1 Å². The number of para-hydroxylation sites is 1. The highest BCUT2D eigenvalue weighted by molar-refractivity contribution is 6.02. The highest BCUT2D eigenvalue weighted by Gasteiger charge is 2.00. The van der Waals surface area contributed by atoms with Crippen LogP contribution in [0.4, 0.5) is 5.69 Å². The van der Waals surface area contributed by atoms with Gasteiger partial charge >= 0.3 is 0 Å². The normalized spacial score (nSPS) is 10.6. The van der Waals surface area contributed by atoms with Crippen LogP contribution < -0.4 is 10.1 Å². The van der Waals surface area contributed by atoms with E-state index in [1.165, 1.54) is 11.6 Å². The number of methoxy groups -OCH3 is 1. The summed E-state index contributed by atoms with van der Waals surface area (Å²) in [5.41, 5.74) is 2.91. The molecule has 1 amide bonds. The smallest absolute Gasteiger partial charge is 0.248 e. The lowest BCUT2D eigenvalue weighted by Crippen LogP contribution is -2.07. The standard InChI is InChI=1S/C18H19NO2/c1-3-14-8-11-16(12-9-14)19-18(20)13-10-15-6-4-5-7-17(15)21-2/h4-13H,3H2,1-2H3,(H,19,20)/b13-10+. The Labute approximate surface area is 125 Å². The van der Waals surface area contributed by atoms with Crippen molar-refractivity contribution in [3.8, 4) is 5.75 Å². The van der Waals surface area contributed by atoms with Gasteiger partial charge in [0.2, 0.25) is 5.91 Å². The lowest BCUT2D eigenvalue weighted by atomic mass is 10.1. The maximum atomic E-state index is 11.9. The van der Waals surface area contributed by atoms with Crippen LogP contribution in [0, 0.1) is 0 Å². The van der Waals surface area contributed by atoms with Crippen LogP contribution in [0.2, 0.25) is 0 Å². The van der Waals surface area contributed by atoms with Crippen molar-refractivity contribution in [1.29, 1.82) is 0 Å². The Kier molecular flexibility index (Phi) is 5.16. The van der Waals surface area contributed by atoms with Crippen LogP contribution in [0.5, 0.6) is 5.75 Å². The monoisotopic (exact) mass is 281 g/mol. The molecule has 0 aromatic heterocycles. The predicted octanol–water partition coefficient (Wildman–Crippen LogP) is 3.91. The van der Waals surface area contributed by atoms with E-state index in [-0.39, 0.29) is 5.91 Å².